The first-order valence-corrected chi connectivity index (χ1v) is 7.24. The first-order chi connectivity index (χ1) is 10.1. The number of nitrogen functional groups attached to an aromatic ring is 1. The van der Waals surface area contributed by atoms with Gasteiger partial charge >= 0.3 is 0 Å². The second-order valence-corrected chi connectivity index (χ2v) is 5.68. The van der Waals surface area contributed by atoms with Crippen LogP contribution in [0.2, 0.25) is 0 Å². The van der Waals surface area contributed by atoms with Crippen LogP contribution in [0.3, 0.4) is 0 Å². The van der Waals surface area contributed by atoms with E-state index >= 15 is 0 Å². The predicted molar refractivity (Wildman–Crippen MR) is 85.3 cm³/mol. The molecule has 2 N–H and O–H groups in total. The van der Waals surface area contributed by atoms with Gasteiger partial charge in [0.15, 0.2) is 0 Å². The van der Waals surface area contributed by atoms with Gasteiger partial charge in [-0.3, -0.25) is 4.68 Å². The summed E-state index contributed by atoms with van der Waals surface area (Å²) in [5.74, 6) is -0.241. The largest absolute Gasteiger partial charge is 0.396 e. The molecule has 0 aliphatic heterocycles. The van der Waals surface area contributed by atoms with E-state index in [-0.39, 0.29) is 5.82 Å². The van der Waals surface area contributed by atoms with Gasteiger partial charge in [-0.15, -0.1) is 0 Å². The quantitative estimate of drug-likeness (QED) is 0.777. The average Bonchev–Trinajstić information content (AvgIpc) is 2.83. The Morgan fingerprint density at radius 1 is 1.05 bits per heavy atom. The molecule has 2 aromatic carbocycles. The standard InChI is InChI=1S/C16H13BrFN3/c17-13-5-3-12(4-6-13)16-15(19)10-21(20-16)9-11-1-7-14(18)8-2-11/h1-8,10H,9,19H2. The highest BCUT2D eigenvalue weighted by molar-refractivity contribution is 9.10. The highest BCUT2D eigenvalue weighted by Crippen LogP contribution is 2.25. The molecule has 0 aliphatic carbocycles. The van der Waals surface area contributed by atoms with Crippen molar-refractivity contribution in [2.45, 2.75) is 6.54 Å². The molecule has 0 aliphatic rings. The van der Waals surface area contributed by atoms with Crippen LogP contribution in [0.1, 0.15) is 5.56 Å². The van der Waals surface area contributed by atoms with E-state index in [1.165, 1.54) is 12.1 Å². The van der Waals surface area contributed by atoms with E-state index < -0.39 is 0 Å². The van der Waals surface area contributed by atoms with E-state index in [1.807, 2.05) is 24.3 Å². The normalized spacial score (nSPS) is 10.8. The third-order valence-electron chi connectivity index (χ3n) is 3.17. The minimum absolute atomic E-state index is 0.241. The molecule has 106 valence electrons. The lowest BCUT2D eigenvalue weighted by atomic mass is 10.1. The van der Waals surface area contributed by atoms with Crippen molar-refractivity contribution in [1.82, 2.24) is 9.78 Å². The Balaban J connectivity index is 1.87. The number of halogens is 2. The SMILES string of the molecule is Nc1cn(Cc2ccc(F)cc2)nc1-c1ccc(Br)cc1. The molecule has 0 amide bonds. The van der Waals surface area contributed by atoms with E-state index in [0.29, 0.717) is 12.2 Å². The first kappa shape index (κ1) is 13.8. The van der Waals surface area contributed by atoms with E-state index in [4.69, 9.17) is 5.73 Å². The van der Waals surface area contributed by atoms with Crippen molar-refractivity contribution in [2.24, 2.45) is 0 Å². The summed E-state index contributed by atoms with van der Waals surface area (Å²) in [6.45, 7) is 0.557. The summed E-state index contributed by atoms with van der Waals surface area (Å²) in [7, 11) is 0. The fraction of sp³-hybridized carbons (Fsp3) is 0.0625. The van der Waals surface area contributed by atoms with Gasteiger partial charge in [-0.05, 0) is 29.8 Å². The van der Waals surface area contributed by atoms with Gasteiger partial charge in [-0.25, -0.2) is 4.39 Å². The van der Waals surface area contributed by atoms with Gasteiger partial charge in [0.25, 0.3) is 0 Å². The van der Waals surface area contributed by atoms with Crippen molar-refractivity contribution in [3.05, 3.63) is 70.6 Å². The van der Waals surface area contributed by atoms with Crippen molar-refractivity contribution < 1.29 is 4.39 Å². The third kappa shape index (κ3) is 3.13. The second kappa shape index (κ2) is 5.69. The molecular formula is C16H13BrFN3. The topological polar surface area (TPSA) is 43.8 Å². The molecule has 0 saturated carbocycles. The number of aromatic nitrogens is 2. The fourth-order valence-corrected chi connectivity index (χ4v) is 2.39. The van der Waals surface area contributed by atoms with Crippen LogP contribution in [0.4, 0.5) is 10.1 Å². The highest BCUT2D eigenvalue weighted by atomic mass is 79.9. The van der Waals surface area contributed by atoms with E-state index in [2.05, 4.69) is 21.0 Å². The molecule has 0 fully saturated rings. The fourth-order valence-electron chi connectivity index (χ4n) is 2.13. The molecule has 0 atom stereocenters. The van der Waals surface area contributed by atoms with Gasteiger partial charge in [-0.2, -0.15) is 5.10 Å². The van der Waals surface area contributed by atoms with Crippen LogP contribution in [0.25, 0.3) is 11.3 Å². The average molecular weight is 346 g/mol. The lowest BCUT2D eigenvalue weighted by Gasteiger charge is -2.02. The molecule has 0 saturated heterocycles. The van der Waals surface area contributed by atoms with Gasteiger partial charge in [0.1, 0.15) is 11.5 Å². The molecule has 3 rings (SSSR count). The van der Waals surface area contributed by atoms with Crippen molar-refractivity contribution in [1.29, 1.82) is 0 Å². The Morgan fingerprint density at radius 3 is 2.38 bits per heavy atom. The number of hydrogen-bond acceptors (Lipinski definition) is 2. The molecule has 21 heavy (non-hydrogen) atoms. The van der Waals surface area contributed by atoms with Gasteiger partial charge in [0.05, 0.1) is 12.2 Å². The number of benzene rings is 2. The number of rotatable bonds is 3. The Morgan fingerprint density at radius 2 is 1.71 bits per heavy atom. The molecule has 3 aromatic rings. The Hall–Kier alpha value is -2.14. The van der Waals surface area contributed by atoms with E-state index in [9.17, 15) is 4.39 Å². The number of hydrogen-bond donors (Lipinski definition) is 1. The number of nitrogens with two attached hydrogens (primary N) is 1. The molecular weight excluding hydrogens is 333 g/mol. The lowest BCUT2D eigenvalue weighted by Crippen LogP contribution is -2.00. The summed E-state index contributed by atoms with van der Waals surface area (Å²) >= 11 is 3.40. The Bertz CT molecular complexity index is 748. The molecule has 1 heterocycles. The van der Waals surface area contributed by atoms with Gasteiger partial charge in [0, 0.05) is 16.2 Å². The zero-order chi connectivity index (χ0) is 14.8. The monoisotopic (exact) mass is 345 g/mol. The zero-order valence-corrected chi connectivity index (χ0v) is 12.7. The van der Waals surface area contributed by atoms with Crippen LogP contribution in [0.5, 0.6) is 0 Å². The molecule has 3 nitrogen and oxygen atoms in total. The van der Waals surface area contributed by atoms with Crippen molar-refractivity contribution >= 4 is 21.6 Å². The molecule has 0 radical (unpaired) electrons. The van der Waals surface area contributed by atoms with Gasteiger partial charge < -0.3 is 5.73 Å². The molecule has 5 heteroatoms. The summed E-state index contributed by atoms with van der Waals surface area (Å²) in [5.41, 5.74) is 9.35. The van der Waals surface area contributed by atoms with Crippen molar-refractivity contribution in [3.63, 3.8) is 0 Å². The predicted octanol–water partition coefficient (Wildman–Crippen LogP) is 4.08. The van der Waals surface area contributed by atoms with Crippen LogP contribution < -0.4 is 5.73 Å². The van der Waals surface area contributed by atoms with Crippen LogP contribution in [-0.2, 0) is 6.54 Å². The highest BCUT2D eigenvalue weighted by Gasteiger charge is 2.09. The van der Waals surface area contributed by atoms with Crippen LogP contribution >= 0.6 is 15.9 Å². The van der Waals surface area contributed by atoms with Crippen LogP contribution in [0, 0.1) is 5.82 Å². The van der Waals surface area contributed by atoms with Gasteiger partial charge in [-0.1, -0.05) is 40.2 Å². The number of anilines is 1. The summed E-state index contributed by atoms with van der Waals surface area (Å²) < 4.78 is 15.7. The summed E-state index contributed by atoms with van der Waals surface area (Å²) in [6, 6.07) is 14.2. The maximum Gasteiger partial charge on any atom is 0.123 e. The third-order valence-corrected chi connectivity index (χ3v) is 3.69. The molecule has 0 bridgehead atoms. The van der Waals surface area contributed by atoms with Gasteiger partial charge in [0.2, 0.25) is 0 Å². The summed E-state index contributed by atoms with van der Waals surface area (Å²) in [4.78, 5) is 0. The van der Waals surface area contributed by atoms with Crippen molar-refractivity contribution in [3.8, 4) is 11.3 Å². The minimum atomic E-state index is -0.241. The summed E-state index contributed by atoms with van der Waals surface area (Å²) in [5, 5.41) is 4.51. The maximum atomic E-state index is 12.9. The molecule has 0 spiro atoms. The minimum Gasteiger partial charge on any atom is -0.396 e. The Labute approximate surface area is 130 Å². The molecule has 0 unspecified atom stereocenters. The second-order valence-electron chi connectivity index (χ2n) is 4.76. The first-order valence-electron chi connectivity index (χ1n) is 6.45. The van der Waals surface area contributed by atoms with E-state index in [1.54, 1.807) is 23.0 Å². The van der Waals surface area contributed by atoms with Crippen LogP contribution in [-0.4, -0.2) is 9.78 Å². The number of nitrogens with zero attached hydrogens (tertiary/aromatic N) is 2. The zero-order valence-electron chi connectivity index (χ0n) is 11.1. The maximum absolute atomic E-state index is 12.9. The lowest BCUT2D eigenvalue weighted by molar-refractivity contribution is 0.624. The van der Waals surface area contributed by atoms with Crippen LogP contribution in [0.15, 0.2) is 59.2 Å². The summed E-state index contributed by atoms with van der Waals surface area (Å²) in [6.07, 6.45) is 1.79. The van der Waals surface area contributed by atoms with Crippen molar-refractivity contribution in [2.75, 3.05) is 5.73 Å². The molecule has 1 aromatic heterocycles. The Kier molecular flexibility index (Phi) is 3.75. The smallest absolute Gasteiger partial charge is 0.123 e. The van der Waals surface area contributed by atoms with E-state index in [0.717, 1.165) is 21.3 Å².